The number of piperidine rings is 1. The van der Waals surface area contributed by atoms with Gasteiger partial charge in [0, 0.05) is 19.1 Å². The number of hydrogen-bond acceptors (Lipinski definition) is 4. The Morgan fingerprint density at radius 1 is 1.64 bits per heavy atom. The molecule has 0 atom stereocenters. The molecule has 1 aliphatic heterocycles. The van der Waals surface area contributed by atoms with Gasteiger partial charge < -0.3 is 15.0 Å². The van der Waals surface area contributed by atoms with Gasteiger partial charge in [0.2, 0.25) is 0 Å². The maximum Gasteiger partial charge on any atom is 0.409 e. The van der Waals surface area contributed by atoms with Gasteiger partial charge in [0.15, 0.2) is 6.19 Å². The Bertz CT molecular complexity index is 229. The van der Waals surface area contributed by atoms with Gasteiger partial charge in [-0.05, 0) is 19.8 Å². The van der Waals surface area contributed by atoms with Crippen molar-refractivity contribution in [3.8, 4) is 6.19 Å². The van der Waals surface area contributed by atoms with Gasteiger partial charge in [-0.3, -0.25) is 0 Å². The van der Waals surface area contributed by atoms with Gasteiger partial charge in [-0.1, -0.05) is 0 Å². The van der Waals surface area contributed by atoms with Gasteiger partial charge in [-0.2, -0.15) is 5.26 Å². The van der Waals surface area contributed by atoms with Gasteiger partial charge in [0.05, 0.1) is 6.61 Å². The van der Waals surface area contributed by atoms with E-state index in [1.165, 1.54) is 0 Å². The van der Waals surface area contributed by atoms with Gasteiger partial charge in [-0.25, -0.2) is 4.79 Å². The van der Waals surface area contributed by atoms with Gasteiger partial charge in [-0.15, -0.1) is 0 Å². The van der Waals surface area contributed by atoms with Crippen LogP contribution >= 0.6 is 0 Å². The van der Waals surface area contributed by atoms with Crippen LogP contribution in [0, 0.1) is 11.5 Å². The van der Waals surface area contributed by atoms with Crippen LogP contribution in [0.5, 0.6) is 0 Å². The molecule has 0 aromatic rings. The van der Waals surface area contributed by atoms with E-state index in [1.54, 1.807) is 11.8 Å². The van der Waals surface area contributed by atoms with E-state index in [0.29, 0.717) is 19.7 Å². The van der Waals surface area contributed by atoms with Crippen molar-refractivity contribution in [1.29, 1.82) is 5.26 Å². The van der Waals surface area contributed by atoms with E-state index >= 15 is 0 Å². The number of ether oxygens (including phenoxy) is 1. The number of hydrogen-bond donors (Lipinski definition) is 1. The minimum absolute atomic E-state index is 0.214. The summed E-state index contributed by atoms with van der Waals surface area (Å²) in [4.78, 5) is 13.0. The predicted molar refractivity (Wildman–Crippen MR) is 50.4 cm³/mol. The highest BCUT2D eigenvalue weighted by Gasteiger charge is 2.22. The maximum absolute atomic E-state index is 11.3. The quantitative estimate of drug-likeness (QED) is 0.522. The van der Waals surface area contributed by atoms with Crippen LogP contribution in [0.4, 0.5) is 4.79 Å². The fourth-order valence-electron chi connectivity index (χ4n) is 1.51. The molecule has 1 fully saturated rings. The lowest BCUT2D eigenvalue weighted by Gasteiger charge is -2.30. The molecular formula is C9H15N3O2. The first-order valence-corrected chi connectivity index (χ1v) is 4.84. The summed E-state index contributed by atoms with van der Waals surface area (Å²) >= 11 is 0. The van der Waals surface area contributed by atoms with Gasteiger partial charge in [0.1, 0.15) is 0 Å². The zero-order chi connectivity index (χ0) is 10.4. The molecule has 1 rings (SSSR count). The van der Waals surface area contributed by atoms with E-state index in [-0.39, 0.29) is 12.1 Å². The smallest absolute Gasteiger partial charge is 0.409 e. The number of likely N-dealkylation sites (tertiary alicyclic amines) is 1. The molecule has 1 N–H and O–H groups in total. The Morgan fingerprint density at radius 2 is 2.29 bits per heavy atom. The summed E-state index contributed by atoms with van der Waals surface area (Å²) < 4.78 is 4.88. The second-order valence-corrected chi connectivity index (χ2v) is 3.22. The minimum Gasteiger partial charge on any atom is -0.450 e. The van der Waals surface area contributed by atoms with Crippen LogP contribution in [-0.2, 0) is 4.74 Å². The Morgan fingerprint density at radius 3 is 2.79 bits per heavy atom. The van der Waals surface area contributed by atoms with Crippen LogP contribution in [0.3, 0.4) is 0 Å². The van der Waals surface area contributed by atoms with E-state index in [1.807, 2.05) is 6.19 Å². The van der Waals surface area contributed by atoms with E-state index in [4.69, 9.17) is 10.00 Å². The normalized spacial score (nSPS) is 17.3. The minimum atomic E-state index is -0.247. The lowest BCUT2D eigenvalue weighted by Crippen LogP contribution is -2.44. The van der Waals surface area contributed by atoms with Crippen molar-refractivity contribution in [2.24, 2.45) is 0 Å². The maximum atomic E-state index is 11.3. The topological polar surface area (TPSA) is 65.4 Å². The second kappa shape index (κ2) is 5.32. The van der Waals surface area contributed by atoms with Crippen molar-refractivity contribution in [3.63, 3.8) is 0 Å². The molecular weight excluding hydrogens is 182 g/mol. The van der Waals surface area contributed by atoms with Crippen molar-refractivity contribution in [2.45, 2.75) is 25.8 Å². The number of carbonyl (C=O) groups excluding carboxylic acids is 1. The molecule has 0 saturated carbocycles. The summed E-state index contributed by atoms with van der Waals surface area (Å²) in [6, 6.07) is 0.214. The summed E-state index contributed by atoms with van der Waals surface area (Å²) in [5, 5.41) is 11.1. The van der Waals surface area contributed by atoms with Crippen molar-refractivity contribution < 1.29 is 9.53 Å². The molecule has 5 nitrogen and oxygen atoms in total. The summed E-state index contributed by atoms with van der Waals surface area (Å²) in [7, 11) is 0. The van der Waals surface area contributed by atoms with E-state index in [2.05, 4.69) is 5.32 Å². The molecule has 0 spiro atoms. The fraction of sp³-hybridized carbons (Fsp3) is 0.778. The Hall–Kier alpha value is -1.44. The second-order valence-electron chi connectivity index (χ2n) is 3.22. The Labute approximate surface area is 83.6 Å². The molecule has 1 amide bonds. The molecule has 0 aromatic carbocycles. The third-order valence-corrected chi connectivity index (χ3v) is 2.29. The third kappa shape index (κ3) is 2.80. The summed E-state index contributed by atoms with van der Waals surface area (Å²) in [6.07, 6.45) is 3.30. The van der Waals surface area contributed by atoms with Crippen LogP contribution < -0.4 is 5.32 Å². The van der Waals surface area contributed by atoms with Crippen LogP contribution in [0.2, 0.25) is 0 Å². The SMILES string of the molecule is CCOC(=O)N1CCC(NC#N)CC1. The molecule has 0 unspecified atom stereocenters. The first-order chi connectivity index (χ1) is 6.77. The highest BCUT2D eigenvalue weighted by Crippen LogP contribution is 2.10. The number of amides is 1. The summed E-state index contributed by atoms with van der Waals surface area (Å²) in [5.74, 6) is 0. The highest BCUT2D eigenvalue weighted by molar-refractivity contribution is 5.67. The Kier molecular flexibility index (Phi) is 4.05. The van der Waals surface area contributed by atoms with E-state index in [9.17, 15) is 4.79 Å². The number of rotatable bonds is 2. The lowest BCUT2D eigenvalue weighted by atomic mass is 10.1. The molecule has 1 aliphatic rings. The summed E-state index contributed by atoms with van der Waals surface area (Å²) in [6.45, 7) is 3.54. The first-order valence-electron chi connectivity index (χ1n) is 4.84. The number of carbonyl (C=O) groups is 1. The number of nitrogens with one attached hydrogen (secondary N) is 1. The van der Waals surface area contributed by atoms with Crippen molar-refractivity contribution in [1.82, 2.24) is 10.2 Å². The molecule has 5 heteroatoms. The molecule has 1 saturated heterocycles. The first kappa shape index (κ1) is 10.6. The zero-order valence-electron chi connectivity index (χ0n) is 8.32. The lowest BCUT2D eigenvalue weighted by molar-refractivity contribution is 0.0961. The number of nitriles is 1. The monoisotopic (exact) mass is 197 g/mol. The third-order valence-electron chi connectivity index (χ3n) is 2.29. The molecule has 0 bridgehead atoms. The van der Waals surface area contributed by atoms with Crippen LogP contribution in [0.25, 0.3) is 0 Å². The highest BCUT2D eigenvalue weighted by atomic mass is 16.6. The molecule has 78 valence electrons. The van der Waals surface area contributed by atoms with E-state index < -0.39 is 0 Å². The van der Waals surface area contributed by atoms with Crippen LogP contribution in [-0.4, -0.2) is 36.7 Å². The average molecular weight is 197 g/mol. The zero-order valence-corrected chi connectivity index (χ0v) is 8.32. The predicted octanol–water partition coefficient (Wildman–Crippen LogP) is 0.678. The Balaban J connectivity index is 2.28. The van der Waals surface area contributed by atoms with Crippen molar-refractivity contribution in [2.75, 3.05) is 19.7 Å². The van der Waals surface area contributed by atoms with Crippen molar-refractivity contribution in [3.05, 3.63) is 0 Å². The van der Waals surface area contributed by atoms with E-state index in [0.717, 1.165) is 12.8 Å². The fourth-order valence-corrected chi connectivity index (χ4v) is 1.51. The van der Waals surface area contributed by atoms with Crippen LogP contribution in [0.15, 0.2) is 0 Å². The van der Waals surface area contributed by atoms with Gasteiger partial charge >= 0.3 is 6.09 Å². The van der Waals surface area contributed by atoms with Crippen LogP contribution in [0.1, 0.15) is 19.8 Å². The standard InChI is InChI=1S/C9H15N3O2/c1-2-14-9(13)12-5-3-8(4-6-12)11-7-10/h8,11H,2-6H2,1H3. The summed E-state index contributed by atoms with van der Waals surface area (Å²) in [5.41, 5.74) is 0. The molecule has 14 heavy (non-hydrogen) atoms. The van der Waals surface area contributed by atoms with Crippen molar-refractivity contribution >= 4 is 6.09 Å². The van der Waals surface area contributed by atoms with Gasteiger partial charge in [0.25, 0.3) is 0 Å². The average Bonchev–Trinajstić information content (AvgIpc) is 2.20. The molecule has 0 aromatic heterocycles. The molecule has 1 heterocycles. The largest absolute Gasteiger partial charge is 0.450 e. The number of nitrogens with zero attached hydrogens (tertiary/aromatic N) is 2. The molecule has 0 radical (unpaired) electrons. The molecule has 0 aliphatic carbocycles.